The van der Waals surface area contributed by atoms with E-state index in [1.54, 1.807) is 12.1 Å². The lowest BCUT2D eigenvalue weighted by atomic mass is 10.2. The molecule has 0 aliphatic heterocycles. The van der Waals surface area contributed by atoms with E-state index in [2.05, 4.69) is 16.2 Å². The lowest BCUT2D eigenvalue weighted by molar-refractivity contribution is -0.192. The van der Waals surface area contributed by atoms with Crippen LogP contribution in [0.3, 0.4) is 0 Å². The van der Waals surface area contributed by atoms with E-state index in [4.69, 9.17) is 26.8 Å². The van der Waals surface area contributed by atoms with Crippen LogP contribution in [0.4, 0.5) is 26.3 Å². The standard InChI is InChI=1S/C20H20F3N3O2.C2HF3O2/c1-2-3-4-5-9-25-19(27)15-7-6-8-16(12-15)28-18-11-14(13-24)10-17(26-18)20(21,22)23;3-2(4,5)1(6)7/h1,6-8,10-12H,3-5,9,13,24H2,(H,25,27);(H,6,7). The minimum Gasteiger partial charge on any atom is -0.475 e. The summed E-state index contributed by atoms with van der Waals surface area (Å²) in [6.07, 6.45) is -2.33. The van der Waals surface area contributed by atoms with Crippen molar-refractivity contribution >= 4 is 11.9 Å². The number of hydrogen-bond donors (Lipinski definition) is 3. The normalized spacial score (nSPS) is 11.0. The number of aliphatic carboxylic acids is 1. The second-order valence-corrected chi connectivity index (χ2v) is 6.75. The third kappa shape index (κ3) is 10.8. The molecule has 4 N–H and O–H groups in total. The Labute approximate surface area is 196 Å². The zero-order valence-electron chi connectivity index (χ0n) is 18.0. The van der Waals surface area contributed by atoms with Crippen molar-refractivity contribution in [3.63, 3.8) is 0 Å². The Hall–Kier alpha value is -3.79. The highest BCUT2D eigenvalue weighted by Gasteiger charge is 2.38. The van der Waals surface area contributed by atoms with Crippen LogP contribution in [0.2, 0.25) is 0 Å². The molecular formula is C22H21F6N3O4. The summed E-state index contributed by atoms with van der Waals surface area (Å²) in [5.41, 5.74) is 4.91. The topological polar surface area (TPSA) is 115 Å². The highest BCUT2D eigenvalue weighted by atomic mass is 19.4. The third-order valence-electron chi connectivity index (χ3n) is 3.98. The number of carboxylic acid groups (broad SMARTS) is 1. The van der Waals surface area contributed by atoms with Gasteiger partial charge < -0.3 is 20.9 Å². The molecule has 35 heavy (non-hydrogen) atoms. The Morgan fingerprint density at radius 3 is 2.31 bits per heavy atom. The van der Waals surface area contributed by atoms with Crippen LogP contribution in [-0.4, -0.2) is 34.7 Å². The van der Waals surface area contributed by atoms with Crippen LogP contribution in [-0.2, 0) is 17.5 Å². The maximum atomic E-state index is 13.0. The molecule has 0 saturated carbocycles. The van der Waals surface area contributed by atoms with E-state index in [-0.39, 0.29) is 29.6 Å². The summed E-state index contributed by atoms with van der Waals surface area (Å²) in [5, 5.41) is 9.88. The first-order valence-corrected chi connectivity index (χ1v) is 9.85. The first-order valence-electron chi connectivity index (χ1n) is 9.85. The van der Waals surface area contributed by atoms with E-state index in [1.165, 1.54) is 18.2 Å². The van der Waals surface area contributed by atoms with E-state index in [9.17, 15) is 31.1 Å². The van der Waals surface area contributed by atoms with Crippen molar-refractivity contribution in [3.8, 4) is 24.0 Å². The summed E-state index contributed by atoms with van der Waals surface area (Å²) >= 11 is 0. The van der Waals surface area contributed by atoms with Crippen LogP contribution in [0.25, 0.3) is 0 Å². The summed E-state index contributed by atoms with van der Waals surface area (Å²) in [5.74, 6) is -0.603. The monoisotopic (exact) mass is 505 g/mol. The number of hydrogen-bond acceptors (Lipinski definition) is 5. The van der Waals surface area contributed by atoms with E-state index in [1.807, 2.05) is 0 Å². The van der Waals surface area contributed by atoms with E-state index < -0.39 is 24.0 Å². The smallest absolute Gasteiger partial charge is 0.475 e. The fourth-order valence-electron chi connectivity index (χ4n) is 2.35. The molecule has 1 aromatic carbocycles. The number of nitrogens with one attached hydrogen (secondary N) is 1. The molecule has 2 aromatic rings. The quantitative estimate of drug-likeness (QED) is 0.276. The van der Waals surface area contributed by atoms with Gasteiger partial charge in [0.05, 0.1) is 0 Å². The SMILES string of the molecule is C#CCCCCNC(=O)c1cccc(Oc2cc(CN)cc(C(F)(F)F)n2)c1.O=C(O)C(F)(F)F. The molecule has 0 fully saturated rings. The molecular weight excluding hydrogens is 484 g/mol. The first kappa shape index (κ1) is 29.2. The number of halogens is 6. The van der Waals surface area contributed by atoms with Gasteiger partial charge in [0.25, 0.3) is 5.91 Å². The number of benzene rings is 1. The number of carboxylic acids is 1. The van der Waals surface area contributed by atoms with Gasteiger partial charge in [0.1, 0.15) is 11.4 Å². The van der Waals surface area contributed by atoms with Crippen LogP contribution < -0.4 is 15.8 Å². The molecule has 7 nitrogen and oxygen atoms in total. The van der Waals surface area contributed by atoms with Crippen LogP contribution in [0.5, 0.6) is 11.6 Å². The molecule has 1 amide bonds. The highest BCUT2D eigenvalue weighted by molar-refractivity contribution is 5.94. The largest absolute Gasteiger partial charge is 0.490 e. The highest BCUT2D eigenvalue weighted by Crippen LogP contribution is 2.31. The molecule has 0 saturated heterocycles. The van der Waals surface area contributed by atoms with Crippen LogP contribution in [0, 0.1) is 12.3 Å². The zero-order valence-corrected chi connectivity index (χ0v) is 18.0. The van der Waals surface area contributed by atoms with Crippen LogP contribution in [0.1, 0.15) is 40.9 Å². The van der Waals surface area contributed by atoms with Crippen molar-refractivity contribution in [2.75, 3.05) is 6.54 Å². The van der Waals surface area contributed by atoms with Gasteiger partial charge in [0.2, 0.25) is 5.88 Å². The molecule has 0 atom stereocenters. The number of rotatable bonds is 8. The van der Waals surface area contributed by atoms with Crippen molar-refractivity contribution in [1.82, 2.24) is 10.3 Å². The Kier molecular flexibility index (Phi) is 11.0. The predicted octanol–water partition coefficient (Wildman–Crippen LogP) is 4.52. The van der Waals surface area contributed by atoms with Crippen molar-refractivity contribution < 1.29 is 45.8 Å². The van der Waals surface area contributed by atoms with Crippen molar-refractivity contribution in [1.29, 1.82) is 0 Å². The lowest BCUT2D eigenvalue weighted by Gasteiger charge is -2.12. The van der Waals surface area contributed by atoms with E-state index >= 15 is 0 Å². The molecule has 0 aliphatic rings. The molecule has 0 bridgehead atoms. The van der Waals surface area contributed by atoms with Gasteiger partial charge in [-0.1, -0.05) is 6.07 Å². The molecule has 1 heterocycles. The molecule has 0 aliphatic carbocycles. The number of terminal acetylenes is 1. The van der Waals surface area contributed by atoms with Crippen molar-refractivity contribution in [2.45, 2.75) is 38.2 Å². The van der Waals surface area contributed by atoms with Gasteiger partial charge in [0, 0.05) is 31.1 Å². The Morgan fingerprint density at radius 1 is 1.11 bits per heavy atom. The molecule has 13 heteroatoms. The number of carbonyl (C=O) groups is 2. The number of nitrogens with two attached hydrogens (primary N) is 1. The number of nitrogens with zero attached hydrogens (tertiary/aromatic N) is 1. The van der Waals surface area contributed by atoms with Crippen LogP contribution >= 0.6 is 0 Å². The van der Waals surface area contributed by atoms with Gasteiger partial charge in [-0.2, -0.15) is 26.3 Å². The Morgan fingerprint density at radius 2 is 1.77 bits per heavy atom. The molecule has 0 radical (unpaired) electrons. The van der Waals surface area contributed by atoms with Gasteiger partial charge in [-0.25, -0.2) is 9.78 Å². The number of aromatic nitrogens is 1. The van der Waals surface area contributed by atoms with Gasteiger partial charge in [-0.3, -0.25) is 4.79 Å². The summed E-state index contributed by atoms with van der Waals surface area (Å²) in [6.45, 7) is 0.380. The van der Waals surface area contributed by atoms with Gasteiger partial charge >= 0.3 is 18.3 Å². The number of alkyl halides is 6. The maximum absolute atomic E-state index is 13.0. The van der Waals surface area contributed by atoms with E-state index in [0.29, 0.717) is 18.5 Å². The first-order chi connectivity index (χ1) is 16.3. The molecule has 0 unspecified atom stereocenters. The van der Waals surface area contributed by atoms with Gasteiger partial charge in [-0.05, 0) is 42.7 Å². The number of amides is 1. The second-order valence-electron chi connectivity index (χ2n) is 6.75. The third-order valence-corrected chi connectivity index (χ3v) is 3.98. The van der Waals surface area contributed by atoms with Crippen molar-refractivity contribution in [2.24, 2.45) is 5.73 Å². The lowest BCUT2D eigenvalue weighted by Crippen LogP contribution is -2.24. The number of ether oxygens (including phenoxy) is 1. The molecule has 1 aromatic heterocycles. The number of carbonyl (C=O) groups excluding carboxylic acids is 1. The maximum Gasteiger partial charge on any atom is 0.490 e. The van der Waals surface area contributed by atoms with Gasteiger partial charge in [0.15, 0.2) is 0 Å². The van der Waals surface area contributed by atoms with E-state index in [0.717, 1.165) is 18.9 Å². The van der Waals surface area contributed by atoms with Crippen LogP contribution in [0.15, 0.2) is 36.4 Å². The Bertz CT molecular complexity index is 1050. The molecule has 190 valence electrons. The molecule has 0 spiro atoms. The van der Waals surface area contributed by atoms with Gasteiger partial charge in [-0.15, -0.1) is 12.3 Å². The minimum atomic E-state index is -5.08. The molecule has 2 rings (SSSR count). The fourth-order valence-corrected chi connectivity index (χ4v) is 2.35. The summed E-state index contributed by atoms with van der Waals surface area (Å²) in [4.78, 5) is 24.6. The summed E-state index contributed by atoms with van der Waals surface area (Å²) in [7, 11) is 0. The summed E-state index contributed by atoms with van der Waals surface area (Å²) < 4.78 is 76.1. The average molecular weight is 505 g/mol. The fraction of sp³-hybridized carbons (Fsp3) is 0.318. The number of unbranched alkanes of at least 4 members (excludes halogenated alkanes) is 2. The second kappa shape index (κ2) is 13.2. The predicted molar refractivity (Wildman–Crippen MR) is 112 cm³/mol. The number of pyridine rings is 1. The van der Waals surface area contributed by atoms with Crippen molar-refractivity contribution in [3.05, 3.63) is 53.2 Å². The minimum absolute atomic E-state index is 0.0932. The average Bonchev–Trinajstić information content (AvgIpc) is 2.78. The zero-order chi connectivity index (χ0) is 26.6. The Balaban J connectivity index is 0.000000762. The summed E-state index contributed by atoms with van der Waals surface area (Å²) in [6, 6.07) is 8.30.